The predicted octanol–water partition coefficient (Wildman–Crippen LogP) is 4.41. The third kappa shape index (κ3) is 3.84. The minimum Gasteiger partial charge on any atom is -0.456 e. The summed E-state index contributed by atoms with van der Waals surface area (Å²) in [4.78, 5) is 0. The molecule has 21 heavy (non-hydrogen) atoms. The maximum absolute atomic E-state index is 9.15. The Kier molecular flexibility index (Phi) is 5.36. The molecule has 0 aromatic heterocycles. The molecule has 1 N–H and O–H groups in total. The Balaban J connectivity index is 2.26. The summed E-state index contributed by atoms with van der Waals surface area (Å²) in [6, 6.07) is 17.6. The Labute approximate surface area is 126 Å². The molecule has 0 spiro atoms. The normalized spacial score (nSPS) is 11.7. The molecule has 2 aromatic rings. The van der Waals surface area contributed by atoms with Gasteiger partial charge in [0.2, 0.25) is 0 Å². The third-order valence-electron chi connectivity index (χ3n) is 3.31. The van der Waals surface area contributed by atoms with E-state index in [0.29, 0.717) is 11.3 Å². The van der Waals surface area contributed by atoms with Crippen molar-refractivity contribution in [1.29, 1.82) is 5.26 Å². The van der Waals surface area contributed by atoms with Crippen LogP contribution in [0.3, 0.4) is 0 Å². The Bertz CT molecular complexity index is 631. The number of ether oxygens (including phenoxy) is 1. The van der Waals surface area contributed by atoms with Gasteiger partial charge in [-0.1, -0.05) is 37.3 Å². The van der Waals surface area contributed by atoms with Gasteiger partial charge in [-0.25, -0.2) is 0 Å². The first kappa shape index (κ1) is 15.1. The number of rotatable bonds is 6. The van der Waals surface area contributed by atoms with Crippen molar-refractivity contribution in [3.05, 3.63) is 59.7 Å². The second kappa shape index (κ2) is 7.47. The summed E-state index contributed by atoms with van der Waals surface area (Å²) >= 11 is 0. The molecular weight excluding hydrogens is 260 g/mol. The molecule has 2 aromatic carbocycles. The average molecular weight is 280 g/mol. The van der Waals surface area contributed by atoms with Crippen LogP contribution in [-0.4, -0.2) is 6.54 Å². The molecule has 0 fully saturated rings. The molecule has 0 aliphatic rings. The number of para-hydroxylation sites is 2. The van der Waals surface area contributed by atoms with E-state index >= 15 is 0 Å². The summed E-state index contributed by atoms with van der Waals surface area (Å²) in [5.74, 6) is 1.38. The zero-order valence-corrected chi connectivity index (χ0v) is 12.5. The third-order valence-corrected chi connectivity index (χ3v) is 3.31. The van der Waals surface area contributed by atoms with E-state index in [1.807, 2.05) is 36.4 Å². The Morgan fingerprint density at radius 3 is 2.48 bits per heavy atom. The van der Waals surface area contributed by atoms with Crippen LogP contribution in [0.1, 0.15) is 37.4 Å². The molecule has 0 amide bonds. The van der Waals surface area contributed by atoms with Crippen LogP contribution in [-0.2, 0) is 0 Å². The van der Waals surface area contributed by atoms with Crippen molar-refractivity contribution in [2.24, 2.45) is 0 Å². The SMILES string of the molecule is CCCNC(C)c1ccccc1Oc1ccccc1C#N. The highest BCUT2D eigenvalue weighted by molar-refractivity contribution is 5.47. The van der Waals surface area contributed by atoms with E-state index in [0.717, 1.165) is 24.3 Å². The van der Waals surface area contributed by atoms with Crippen molar-refractivity contribution in [2.75, 3.05) is 6.54 Å². The van der Waals surface area contributed by atoms with Gasteiger partial charge in [0, 0.05) is 11.6 Å². The molecule has 0 aliphatic carbocycles. The van der Waals surface area contributed by atoms with E-state index in [4.69, 9.17) is 10.00 Å². The van der Waals surface area contributed by atoms with Gasteiger partial charge in [-0.3, -0.25) is 0 Å². The van der Waals surface area contributed by atoms with Crippen LogP contribution in [0.5, 0.6) is 11.5 Å². The van der Waals surface area contributed by atoms with E-state index in [-0.39, 0.29) is 6.04 Å². The molecule has 0 saturated carbocycles. The van der Waals surface area contributed by atoms with Gasteiger partial charge in [-0.2, -0.15) is 5.26 Å². The zero-order chi connectivity index (χ0) is 15.1. The lowest BCUT2D eigenvalue weighted by molar-refractivity contribution is 0.459. The first-order valence-corrected chi connectivity index (χ1v) is 7.25. The number of nitrogens with zero attached hydrogens (tertiary/aromatic N) is 1. The zero-order valence-electron chi connectivity index (χ0n) is 12.5. The summed E-state index contributed by atoms with van der Waals surface area (Å²) in [6.45, 7) is 5.23. The summed E-state index contributed by atoms with van der Waals surface area (Å²) in [7, 11) is 0. The largest absolute Gasteiger partial charge is 0.456 e. The maximum Gasteiger partial charge on any atom is 0.145 e. The van der Waals surface area contributed by atoms with Gasteiger partial charge in [0.1, 0.15) is 17.6 Å². The lowest BCUT2D eigenvalue weighted by Gasteiger charge is -2.18. The second-order valence-corrected chi connectivity index (χ2v) is 4.92. The van der Waals surface area contributed by atoms with Gasteiger partial charge < -0.3 is 10.1 Å². The molecule has 0 radical (unpaired) electrons. The Hall–Kier alpha value is -2.31. The molecule has 0 heterocycles. The maximum atomic E-state index is 9.15. The predicted molar refractivity (Wildman–Crippen MR) is 84.4 cm³/mol. The quantitative estimate of drug-likeness (QED) is 0.852. The van der Waals surface area contributed by atoms with Crippen molar-refractivity contribution in [1.82, 2.24) is 5.32 Å². The highest BCUT2D eigenvalue weighted by atomic mass is 16.5. The number of nitriles is 1. The van der Waals surface area contributed by atoms with Crippen molar-refractivity contribution in [3.8, 4) is 17.6 Å². The van der Waals surface area contributed by atoms with E-state index in [1.54, 1.807) is 6.07 Å². The summed E-state index contributed by atoms with van der Waals surface area (Å²) in [5, 5.41) is 12.6. The topological polar surface area (TPSA) is 45.0 Å². The fourth-order valence-electron chi connectivity index (χ4n) is 2.17. The van der Waals surface area contributed by atoms with Crippen molar-refractivity contribution < 1.29 is 4.74 Å². The van der Waals surface area contributed by atoms with Crippen LogP contribution in [0.4, 0.5) is 0 Å². The molecular formula is C18H20N2O. The Morgan fingerprint density at radius 1 is 1.10 bits per heavy atom. The van der Waals surface area contributed by atoms with Crippen molar-refractivity contribution in [3.63, 3.8) is 0 Å². The van der Waals surface area contributed by atoms with Gasteiger partial charge in [0.25, 0.3) is 0 Å². The van der Waals surface area contributed by atoms with Crippen LogP contribution in [0, 0.1) is 11.3 Å². The highest BCUT2D eigenvalue weighted by Gasteiger charge is 2.12. The number of hydrogen-bond acceptors (Lipinski definition) is 3. The number of nitrogens with one attached hydrogen (secondary N) is 1. The molecule has 0 saturated heterocycles. The molecule has 1 unspecified atom stereocenters. The van der Waals surface area contributed by atoms with E-state index in [2.05, 4.69) is 31.3 Å². The van der Waals surface area contributed by atoms with Gasteiger partial charge in [-0.15, -0.1) is 0 Å². The lowest BCUT2D eigenvalue weighted by atomic mass is 10.1. The van der Waals surface area contributed by atoms with Crippen LogP contribution in [0.25, 0.3) is 0 Å². The van der Waals surface area contributed by atoms with Crippen LogP contribution in [0.15, 0.2) is 48.5 Å². The molecule has 3 nitrogen and oxygen atoms in total. The van der Waals surface area contributed by atoms with E-state index in [1.165, 1.54) is 0 Å². The second-order valence-electron chi connectivity index (χ2n) is 4.92. The molecule has 3 heteroatoms. The van der Waals surface area contributed by atoms with Crippen molar-refractivity contribution in [2.45, 2.75) is 26.3 Å². The first-order valence-electron chi connectivity index (χ1n) is 7.25. The monoisotopic (exact) mass is 280 g/mol. The fraction of sp³-hybridized carbons (Fsp3) is 0.278. The molecule has 2 rings (SSSR count). The summed E-state index contributed by atoms with van der Waals surface area (Å²) in [6.07, 6.45) is 1.09. The molecule has 0 aliphatic heterocycles. The minimum absolute atomic E-state index is 0.204. The number of benzene rings is 2. The summed E-state index contributed by atoms with van der Waals surface area (Å²) in [5.41, 5.74) is 1.64. The molecule has 108 valence electrons. The van der Waals surface area contributed by atoms with Gasteiger partial charge in [-0.05, 0) is 38.1 Å². The average Bonchev–Trinajstić information content (AvgIpc) is 2.53. The minimum atomic E-state index is 0.204. The number of hydrogen-bond donors (Lipinski definition) is 1. The molecule has 1 atom stereocenters. The standard InChI is InChI=1S/C18H20N2O/c1-3-12-20-14(2)16-9-5-7-11-18(16)21-17-10-6-4-8-15(17)13-19/h4-11,14,20H,3,12H2,1-2H3. The van der Waals surface area contributed by atoms with E-state index < -0.39 is 0 Å². The summed E-state index contributed by atoms with van der Waals surface area (Å²) < 4.78 is 5.97. The van der Waals surface area contributed by atoms with Crippen LogP contribution >= 0.6 is 0 Å². The highest BCUT2D eigenvalue weighted by Crippen LogP contribution is 2.31. The van der Waals surface area contributed by atoms with Gasteiger partial charge >= 0.3 is 0 Å². The van der Waals surface area contributed by atoms with E-state index in [9.17, 15) is 0 Å². The van der Waals surface area contributed by atoms with Crippen LogP contribution < -0.4 is 10.1 Å². The lowest BCUT2D eigenvalue weighted by Crippen LogP contribution is -2.19. The van der Waals surface area contributed by atoms with Crippen LogP contribution in [0.2, 0.25) is 0 Å². The van der Waals surface area contributed by atoms with Gasteiger partial charge in [0.05, 0.1) is 5.56 Å². The smallest absolute Gasteiger partial charge is 0.145 e. The Morgan fingerprint density at radius 2 is 1.76 bits per heavy atom. The van der Waals surface area contributed by atoms with Crippen molar-refractivity contribution >= 4 is 0 Å². The van der Waals surface area contributed by atoms with Gasteiger partial charge in [0.15, 0.2) is 0 Å². The molecule has 0 bridgehead atoms. The fourth-order valence-corrected chi connectivity index (χ4v) is 2.17. The first-order chi connectivity index (χ1) is 10.3.